The van der Waals surface area contributed by atoms with Crippen LogP contribution < -0.4 is 5.73 Å². The minimum Gasteiger partial charge on any atom is -0.464 e. The summed E-state index contributed by atoms with van der Waals surface area (Å²) in [5.74, 6) is -0.0523. The quantitative estimate of drug-likeness (QED) is 0.764. The molecule has 0 aromatic rings. The molecule has 1 saturated heterocycles. The molecule has 2 atom stereocenters. The fourth-order valence-electron chi connectivity index (χ4n) is 2.50. The van der Waals surface area contributed by atoms with Gasteiger partial charge in [0.2, 0.25) is 5.91 Å². The molecule has 0 saturated carbocycles. The molecule has 1 rings (SSSR count). The maximum Gasteiger partial charge on any atom is 0.328 e. The molecular weight excluding hydrogens is 244 g/mol. The average Bonchev–Trinajstić information content (AvgIpc) is 2.37. The van der Waals surface area contributed by atoms with E-state index in [0.29, 0.717) is 31.9 Å². The minimum atomic E-state index is -0.518. The lowest BCUT2D eigenvalue weighted by molar-refractivity contribution is -0.157. The highest BCUT2D eigenvalue weighted by atomic mass is 16.5. The Morgan fingerprint density at radius 2 is 2.05 bits per heavy atom. The molecule has 2 unspecified atom stereocenters. The number of rotatable bonds is 5. The van der Waals surface area contributed by atoms with Gasteiger partial charge in [-0.3, -0.25) is 4.79 Å². The Morgan fingerprint density at radius 1 is 1.37 bits per heavy atom. The first-order valence-corrected chi connectivity index (χ1v) is 7.20. The maximum absolute atomic E-state index is 12.3. The van der Waals surface area contributed by atoms with E-state index < -0.39 is 12.1 Å². The number of nitrogens with zero attached hydrogens (tertiary/aromatic N) is 1. The Labute approximate surface area is 115 Å². The number of amides is 1. The van der Waals surface area contributed by atoms with Crippen LogP contribution in [0, 0.1) is 5.92 Å². The van der Waals surface area contributed by atoms with Gasteiger partial charge in [-0.05, 0) is 38.5 Å². The standard InChI is InChI=1S/C14H26N2O3/c1-4-19-14(18)12-7-5-6-8-16(12)13(17)11(15)9-10(2)3/h10-12H,4-9,15H2,1-3H3. The molecule has 1 heterocycles. The predicted molar refractivity (Wildman–Crippen MR) is 73.4 cm³/mol. The summed E-state index contributed by atoms with van der Waals surface area (Å²) in [6.45, 7) is 6.79. The number of ether oxygens (including phenoxy) is 1. The Balaban J connectivity index is 2.70. The van der Waals surface area contributed by atoms with E-state index in [1.54, 1.807) is 11.8 Å². The first-order valence-electron chi connectivity index (χ1n) is 7.20. The van der Waals surface area contributed by atoms with Gasteiger partial charge in [-0.25, -0.2) is 4.79 Å². The number of carbonyl (C=O) groups excluding carboxylic acids is 2. The molecule has 0 radical (unpaired) electrons. The molecule has 1 aliphatic rings. The number of hydrogen-bond donors (Lipinski definition) is 1. The first kappa shape index (κ1) is 16.0. The van der Waals surface area contributed by atoms with E-state index in [2.05, 4.69) is 0 Å². The normalized spacial score (nSPS) is 21.3. The highest BCUT2D eigenvalue weighted by molar-refractivity contribution is 5.87. The molecule has 1 amide bonds. The third-order valence-electron chi connectivity index (χ3n) is 3.39. The van der Waals surface area contributed by atoms with E-state index in [-0.39, 0.29) is 11.9 Å². The second-order valence-electron chi connectivity index (χ2n) is 5.53. The summed E-state index contributed by atoms with van der Waals surface area (Å²) >= 11 is 0. The summed E-state index contributed by atoms with van der Waals surface area (Å²) in [5.41, 5.74) is 5.94. The van der Waals surface area contributed by atoms with Crippen LogP contribution in [0.1, 0.15) is 46.5 Å². The summed E-state index contributed by atoms with van der Waals surface area (Å²) in [6.07, 6.45) is 3.20. The maximum atomic E-state index is 12.3. The molecule has 0 bridgehead atoms. The number of nitrogens with two attached hydrogens (primary N) is 1. The van der Waals surface area contributed by atoms with Crippen molar-refractivity contribution < 1.29 is 14.3 Å². The molecule has 110 valence electrons. The largest absolute Gasteiger partial charge is 0.464 e. The zero-order valence-electron chi connectivity index (χ0n) is 12.2. The lowest BCUT2D eigenvalue weighted by atomic mass is 9.98. The van der Waals surface area contributed by atoms with Gasteiger partial charge >= 0.3 is 5.97 Å². The van der Waals surface area contributed by atoms with E-state index in [0.717, 1.165) is 12.8 Å². The van der Waals surface area contributed by atoms with Crippen LogP contribution in [0.2, 0.25) is 0 Å². The highest BCUT2D eigenvalue weighted by Crippen LogP contribution is 2.20. The van der Waals surface area contributed by atoms with Crippen molar-refractivity contribution in [3.05, 3.63) is 0 Å². The van der Waals surface area contributed by atoms with Crippen LogP contribution in [0.3, 0.4) is 0 Å². The van der Waals surface area contributed by atoms with Crippen LogP contribution in [-0.4, -0.2) is 42.0 Å². The van der Waals surface area contributed by atoms with Crippen LogP contribution >= 0.6 is 0 Å². The van der Waals surface area contributed by atoms with Crippen molar-refractivity contribution in [1.82, 2.24) is 4.90 Å². The summed E-state index contributed by atoms with van der Waals surface area (Å²) in [6, 6.07) is -0.963. The fourth-order valence-corrected chi connectivity index (χ4v) is 2.50. The van der Waals surface area contributed by atoms with E-state index >= 15 is 0 Å². The first-order chi connectivity index (χ1) is 8.97. The smallest absolute Gasteiger partial charge is 0.328 e. The van der Waals surface area contributed by atoms with E-state index in [4.69, 9.17) is 10.5 Å². The van der Waals surface area contributed by atoms with Crippen molar-refractivity contribution in [1.29, 1.82) is 0 Å². The Bertz CT molecular complexity index is 318. The summed E-state index contributed by atoms with van der Waals surface area (Å²) in [4.78, 5) is 25.9. The van der Waals surface area contributed by atoms with Gasteiger partial charge in [-0.15, -0.1) is 0 Å². The van der Waals surface area contributed by atoms with Crippen LogP contribution in [0.25, 0.3) is 0 Å². The van der Waals surface area contributed by atoms with Crippen molar-refractivity contribution in [2.75, 3.05) is 13.2 Å². The lowest BCUT2D eigenvalue weighted by Gasteiger charge is -2.35. The molecular formula is C14H26N2O3. The Hall–Kier alpha value is -1.10. The summed E-state index contributed by atoms with van der Waals surface area (Å²) in [5, 5.41) is 0. The topological polar surface area (TPSA) is 72.6 Å². The van der Waals surface area contributed by atoms with E-state index in [1.165, 1.54) is 0 Å². The lowest BCUT2D eigenvalue weighted by Crippen LogP contribution is -2.54. The SMILES string of the molecule is CCOC(=O)C1CCCCN1C(=O)C(N)CC(C)C. The molecule has 5 heteroatoms. The third kappa shape index (κ3) is 4.49. The molecule has 1 aliphatic heterocycles. The second kappa shape index (κ2) is 7.48. The van der Waals surface area contributed by atoms with E-state index in [1.807, 2.05) is 13.8 Å². The molecule has 0 aromatic heterocycles. The summed E-state index contributed by atoms with van der Waals surface area (Å²) < 4.78 is 5.05. The highest BCUT2D eigenvalue weighted by Gasteiger charge is 2.35. The van der Waals surface area contributed by atoms with Crippen molar-refractivity contribution in [2.45, 2.75) is 58.5 Å². The molecule has 5 nitrogen and oxygen atoms in total. The van der Waals surface area contributed by atoms with Gasteiger partial charge in [0.05, 0.1) is 12.6 Å². The van der Waals surface area contributed by atoms with Crippen molar-refractivity contribution in [3.63, 3.8) is 0 Å². The second-order valence-corrected chi connectivity index (χ2v) is 5.53. The predicted octanol–water partition coefficient (Wildman–Crippen LogP) is 1.30. The van der Waals surface area contributed by atoms with Gasteiger partial charge in [0, 0.05) is 6.54 Å². The molecule has 19 heavy (non-hydrogen) atoms. The average molecular weight is 270 g/mol. The number of likely N-dealkylation sites (tertiary alicyclic amines) is 1. The van der Waals surface area contributed by atoms with E-state index in [9.17, 15) is 9.59 Å². The van der Waals surface area contributed by atoms with Crippen molar-refractivity contribution in [2.24, 2.45) is 11.7 Å². The van der Waals surface area contributed by atoms with Gasteiger partial charge in [0.1, 0.15) is 6.04 Å². The van der Waals surface area contributed by atoms with Gasteiger partial charge in [0.25, 0.3) is 0 Å². The Morgan fingerprint density at radius 3 is 2.63 bits per heavy atom. The van der Waals surface area contributed by atoms with Gasteiger partial charge in [0.15, 0.2) is 0 Å². The van der Waals surface area contributed by atoms with Gasteiger partial charge < -0.3 is 15.4 Å². The van der Waals surface area contributed by atoms with Crippen LogP contribution in [0.5, 0.6) is 0 Å². The zero-order chi connectivity index (χ0) is 14.4. The Kier molecular flexibility index (Phi) is 6.28. The summed E-state index contributed by atoms with van der Waals surface area (Å²) in [7, 11) is 0. The van der Waals surface area contributed by atoms with Crippen molar-refractivity contribution >= 4 is 11.9 Å². The molecule has 0 aromatic carbocycles. The molecule has 0 aliphatic carbocycles. The zero-order valence-corrected chi connectivity index (χ0v) is 12.2. The number of esters is 1. The van der Waals surface area contributed by atoms with Gasteiger partial charge in [-0.2, -0.15) is 0 Å². The van der Waals surface area contributed by atoms with Gasteiger partial charge in [-0.1, -0.05) is 13.8 Å². The van der Waals surface area contributed by atoms with Crippen LogP contribution in [0.4, 0.5) is 0 Å². The van der Waals surface area contributed by atoms with Crippen LogP contribution in [0.15, 0.2) is 0 Å². The molecule has 1 fully saturated rings. The minimum absolute atomic E-state index is 0.119. The number of hydrogen-bond acceptors (Lipinski definition) is 4. The monoisotopic (exact) mass is 270 g/mol. The fraction of sp³-hybridized carbons (Fsp3) is 0.857. The number of piperidine rings is 1. The molecule has 2 N–H and O–H groups in total. The van der Waals surface area contributed by atoms with Crippen molar-refractivity contribution in [3.8, 4) is 0 Å². The third-order valence-corrected chi connectivity index (χ3v) is 3.39. The van der Waals surface area contributed by atoms with Crippen LogP contribution in [-0.2, 0) is 14.3 Å². The number of carbonyl (C=O) groups is 2. The molecule has 0 spiro atoms.